The van der Waals surface area contributed by atoms with Crippen LogP contribution in [0.25, 0.3) is 0 Å². The number of aromatic nitrogens is 2. The Kier molecular flexibility index (Phi) is 2.94. The second-order valence-corrected chi connectivity index (χ2v) is 4.63. The maximum atomic E-state index is 5.65. The van der Waals surface area contributed by atoms with Gasteiger partial charge in [-0.25, -0.2) is 4.98 Å². The van der Waals surface area contributed by atoms with Crippen LogP contribution >= 0.6 is 0 Å². The van der Waals surface area contributed by atoms with Crippen molar-refractivity contribution >= 4 is 5.82 Å². The summed E-state index contributed by atoms with van der Waals surface area (Å²) >= 11 is 0. The van der Waals surface area contributed by atoms with E-state index in [0.717, 1.165) is 37.4 Å². The lowest BCUT2D eigenvalue weighted by Gasteiger charge is -2.27. The molecule has 0 saturated heterocycles. The number of hydrogen-bond acceptors (Lipinski definition) is 4. The molecule has 0 unspecified atom stereocenters. The largest absolute Gasteiger partial charge is 0.382 e. The smallest absolute Gasteiger partial charge is 0.142 e. The molecule has 0 radical (unpaired) electrons. The van der Waals surface area contributed by atoms with E-state index in [0.29, 0.717) is 5.82 Å². The van der Waals surface area contributed by atoms with Gasteiger partial charge in [0, 0.05) is 26.1 Å². The molecule has 2 heterocycles. The Morgan fingerprint density at radius 3 is 2.83 bits per heavy atom. The van der Waals surface area contributed by atoms with Crippen LogP contribution in [0.3, 0.4) is 0 Å². The molecule has 18 heavy (non-hydrogen) atoms. The first-order valence-electron chi connectivity index (χ1n) is 6.18. The average molecular weight is 240 g/mol. The Balaban J connectivity index is 1.73. The first kappa shape index (κ1) is 11.2. The zero-order chi connectivity index (χ0) is 12.4. The summed E-state index contributed by atoms with van der Waals surface area (Å²) in [5, 5.41) is 0. The van der Waals surface area contributed by atoms with E-state index in [2.05, 4.69) is 39.1 Å². The molecular weight excluding hydrogens is 224 g/mol. The van der Waals surface area contributed by atoms with Crippen LogP contribution in [-0.4, -0.2) is 21.4 Å². The molecule has 2 aromatic rings. The molecular formula is C14H16N4. The van der Waals surface area contributed by atoms with Crippen LogP contribution in [0, 0.1) is 0 Å². The minimum Gasteiger partial charge on any atom is -0.382 e. The first-order chi connectivity index (χ1) is 8.81. The molecule has 0 bridgehead atoms. The van der Waals surface area contributed by atoms with Crippen LogP contribution in [-0.2, 0) is 19.5 Å². The topological polar surface area (TPSA) is 55.0 Å². The standard InChI is InChI=1S/C14H16N4/c15-14-8-16-13-10-18(7-6-12(13)17-14)9-11-4-2-1-3-5-11/h1-5,8H,6-7,9-10H2,(H2,15,17). The fraction of sp³-hybridized carbons (Fsp3) is 0.286. The van der Waals surface area contributed by atoms with Crippen molar-refractivity contribution < 1.29 is 0 Å². The molecule has 4 nitrogen and oxygen atoms in total. The minimum absolute atomic E-state index is 0.519. The lowest BCUT2D eigenvalue weighted by Crippen LogP contribution is -2.31. The highest BCUT2D eigenvalue weighted by Gasteiger charge is 2.18. The molecule has 1 aliphatic rings. The van der Waals surface area contributed by atoms with Gasteiger partial charge < -0.3 is 5.73 Å². The summed E-state index contributed by atoms with van der Waals surface area (Å²) in [6.07, 6.45) is 2.57. The number of hydrogen-bond donors (Lipinski definition) is 1. The van der Waals surface area contributed by atoms with Crippen LogP contribution in [0.4, 0.5) is 5.82 Å². The molecule has 2 N–H and O–H groups in total. The number of benzene rings is 1. The van der Waals surface area contributed by atoms with Gasteiger partial charge in [-0.2, -0.15) is 0 Å². The number of fused-ring (bicyclic) bond motifs is 1. The first-order valence-corrected chi connectivity index (χ1v) is 6.18. The predicted octanol–water partition coefficient (Wildman–Crippen LogP) is 1.62. The molecule has 4 heteroatoms. The maximum Gasteiger partial charge on any atom is 0.142 e. The van der Waals surface area contributed by atoms with Gasteiger partial charge in [0.25, 0.3) is 0 Å². The fourth-order valence-corrected chi connectivity index (χ4v) is 2.33. The zero-order valence-electron chi connectivity index (χ0n) is 10.2. The third-order valence-electron chi connectivity index (χ3n) is 3.24. The molecule has 1 aromatic heterocycles. The van der Waals surface area contributed by atoms with Gasteiger partial charge in [0.1, 0.15) is 5.82 Å². The highest BCUT2D eigenvalue weighted by molar-refractivity contribution is 5.29. The molecule has 0 aliphatic carbocycles. The molecule has 0 spiro atoms. The monoisotopic (exact) mass is 240 g/mol. The van der Waals surface area contributed by atoms with Crippen LogP contribution < -0.4 is 5.73 Å². The van der Waals surface area contributed by atoms with E-state index < -0.39 is 0 Å². The van der Waals surface area contributed by atoms with Crippen LogP contribution in [0.15, 0.2) is 36.5 Å². The summed E-state index contributed by atoms with van der Waals surface area (Å²) in [4.78, 5) is 11.1. The van der Waals surface area contributed by atoms with Crippen molar-refractivity contribution in [1.29, 1.82) is 0 Å². The van der Waals surface area contributed by atoms with Crippen molar-refractivity contribution in [3.63, 3.8) is 0 Å². The number of nitrogens with two attached hydrogens (primary N) is 1. The lowest BCUT2D eigenvalue weighted by atomic mass is 10.1. The summed E-state index contributed by atoms with van der Waals surface area (Å²) in [6, 6.07) is 10.5. The lowest BCUT2D eigenvalue weighted by molar-refractivity contribution is 0.239. The summed E-state index contributed by atoms with van der Waals surface area (Å²) in [5.74, 6) is 0.519. The highest BCUT2D eigenvalue weighted by atomic mass is 15.1. The van der Waals surface area contributed by atoms with Crippen molar-refractivity contribution in [1.82, 2.24) is 14.9 Å². The van der Waals surface area contributed by atoms with Crippen molar-refractivity contribution in [2.75, 3.05) is 12.3 Å². The third kappa shape index (κ3) is 2.33. The summed E-state index contributed by atoms with van der Waals surface area (Å²) in [6.45, 7) is 2.84. The quantitative estimate of drug-likeness (QED) is 0.866. The molecule has 0 atom stereocenters. The zero-order valence-corrected chi connectivity index (χ0v) is 10.2. The van der Waals surface area contributed by atoms with Gasteiger partial charge >= 0.3 is 0 Å². The summed E-state index contributed by atoms with van der Waals surface area (Å²) in [5.41, 5.74) is 9.11. The number of anilines is 1. The van der Waals surface area contributed by atoms with Crippen molar-refractivity contribution in [2.24, 2.45) is 0 Å². The Morgan fingerprint density at radius 1 is 1.17 bits per heavy atom. The second-order valence-electron chi connectivity index (χ2n) is 4.63. The normalized spacial score (nSPS) is 15.3. The maximum absolute atomic E-state index is 5.65. The van der Waals surface area contributed by atoms with E-state index in [1.807, 2.05) is 6.07 Å². The molecule has 1 aliphatic heterocycles. The van der Waals surface area contributed by atoms with E-state index in [1.54, 1.807) is 6.20 Å². The molecule has 1 aromatic carbocycles. The van der Waals surface area contributed by atoms with Gasteiger partial charge in [-0.15, -0.1) is 0 Å². The second kappa shape index (κ2) is 4.74. The van der Waals surface area contributed by atoms with Crippen molar-refractivity contribution in [2.45, 2.75) is 19.5 Å². The predicted molar refractivity (Wildman–Crippen MR) is 70.7 cm³/mol. The number of nitrogen functional groups attached to an aromatic ring is 1. The van der Waals surface area contributed by atoms with Gasteiger partial charge in [-0.05, 0) is 5.56 Å². The van der Waals surface area contributed by atoms with E-state index in [-0.39, 0.29) is 0 Å². The number of nitrogens with zero attached hydrogens (tertiary/aromatic N) is 3. The van der Waals surface area contributed by atoms with E-state index in [1.165, 1.54) is 5.56 Å². The van der Waals surface area contributed by atoms with Crippen LogP contribution in [0.2, 0.25) is 0 Å². The minimum atomic E-state index is 0.519. The highest BCUT2D eigenvalue weighted by Crippen LogP contribution is 2.17. The molecule has 3 rings (SSSR count). The molecule has 0 fully saturated rings. The van der Waals surface area contributed by atoms with E-state index in [9.17, 15) is 0 Å². The Bertz CT molecular complexity index is 539. The Hall–Kier alpha value is -1.94. The Morgan fingerprint density at radius 2 is 2.00 bits per heavy atom. The van der Waals surface area contributed by atoms with Gasteiger partial charge in [-0.1, -0.05) is 30.3 Å². The van der Waals surface area contributed by atoms with Crippen molar-refractivity contribution in [3.8, 4) is 0 Å². The van der Waals surface area contributed by atoms with Gasteiger partial charge in [0.05, 0.1) is 17.6 Å². The summed E-state index contributed by atoms with van der Waals surface area (Å²) in [7, 11) is 0. The average Bonchev–Trinajstić information content (AvgIpc) is 2.40. The van der Waals surface area contributed by atoms with Gasteiger partial charge in [0.15, 0.2) is 0 Å². The molecule has 92 valence electrons. The Labute approximate surface area is 106 Å². The SMILES string of the molecule is Nc1cnc2c(n1)CCN(Cc1ccccc1)C2. The fourth-order valence-electron chi connectivity index (χ4n) is 2.33. The molecule has 0 saturated carbocycles. The number of rotatable bonds is 2. The van der Waals surface area contributed by atoms with Crippen LogP contribution in [0.5, 0.6) is 0 Å². The van der Waals surface area contributed by atoms with E-state index in [4.69, 9.17) is 5.73 Å². The van der Waals surface area contributed by atoms with Gasteiger partial charge in [0.2, 0.25) is 0 Å². The third-order valence-corrected chi connectivity index (χ3v) is 3.24. The van der Waals surface area contributed by atoms with E-state index >= 15 is 0 Å². The van der Waals surface area contributed by atoms with Crippen LogP contribution in [0.1, 0.15) is 17.0 Å². The summed E-state index contributed by atoms with van der Waals surface area (Å²) < 4.78 is 0. The molecule has 0 amide bonds. The van der Waals surface area contributed by atoms with Crippen molar-refractivity contribution in [3.05, 3.63) is 53.5 Å². The van der Waals surface area contributed by atoms with Gasteiger partial charge in [-0.3, -0.25) is 9.88 Å².